The average molecular weight is 344 g/mol. The first kappa shape index (κ1) is 18.1. The number of carbonyl (C=O) groups is 1. The highest BCUT2D eigenvalue weighted by Gasteiger charge is 2.03. The molecule has 0 unspecified atom stereocenters. The Morgan fingerprint density at radius 1 is 1.16 bits per heavy atom. The fourth-order valence-electron chi connectivity index (χ4n) is 1.91. The second-order valence-electron chi connectivity index (χ2n) is 4.92. The van der Waals surface area contributed by atoms with Crippen LogP contribution in [0.3, 0.4) is 0 Å². The second kappa shape index (κ2) is 9.17. The number of hydrogen-bond donors (Lipinski definition) is 2. The van der Waals surface area contributed by atoms with E-state index in [2.05, 4.69) is 10.5 Å². The number of benzene rings is 2. The van der Waals surface area contributed by atoms with Crippen molar-refractivity contribution in [2.45, 2.75) is 6.92 Å². The number of hydrogen-bond acceptors (Lipinski definition) is 6. The van der Waals surface area contributed by atoms with Gasteiger partial charge in [0.2, 0.25) is 0 Å². The maximum atomic E-state index is 11.7. The lowest BCUT2D eigenvalue weighted by Gasteiger charge is -2.06. The molecule has 0 fully saturated rings. The SMILES string of the molecule is CCOc1cc(C=NNC(=O)COc2ccc(OC)cc2)ccc1O. The molecule has 0 saturated carbocycles. The molecule has 7 nitrogen and oxygen atoms in total. The van der Waals surface area contributed by atoms with E-state index < -0.39 is 5.91 Å². The second-order valence-corrected chi connectivity index (χ2v) is 4.92. The summed E-state index contributed by atoms with van der Waals surface area (Å²) in [6.07, 6.45) is 1.45. The van der Waals surface area contributed by atoms with Crippen LogP contribution in [0, 0.1) is 0 Å². The molecule has 2 N–H and O–H groups in total. The summed E-state index contributed by atoms with van der Waals surface area (Å²) >= 11 is 0. The third-order valence-electron chi connectivity index (χ3n) is 3.12. The van der Waals surface area contributed by atoms with Crippen molar-refractivity contribution in [3.63, 3.8) is 0 Å². The highest BCUT2D eigenvalue weighted by Crippen LogP contribution is 2.26. The van der Waals surface area contributed by atoms with Crippen LogP contribution in [0.1, 0.15) is 12.5 Å². The number of phenols is 1. The van der Waals surface area contributed by atoms with Crippen molar-refractivity contribution in [2.75, 3.05) is 20.3 Å². The van der Waals surface area contributed by atoms with Crippen LogP contribution in [0.25, 0.3) is 0 Å². The zero-order chi connectivity index (χ0) is 18.1. The van der Waals surface area contributed by atoms with Gasteiger partial charge in [0.05, 0.1) is 19.9 Å². The van der Waals surface area contributed by atoms with E-state index in [4.69, 9.17) is 14.2 Å². The van der Waals surface area contributed by atoms with E-state index in [0.717, 1.165) is 0 Å². The molecule has 1 amide bonds. The van der Waals surface area contributed by atoms with Gasteiger partial charge in [-0.15, -0.1) is 0 Å². The van der Waals surface area contributed by atoms with Crippen LogP contribution in [0.2, 0.25) is 0 Å². The Morgan fingerprint density at radius 3 is 2.56 bits per heavy atom. The Kier molecular flexibility index (Phi) is 6.65. The van der Waals surface area contributed by atoms with Crippen molar-refractivity contribution < 1.29 is 24.1 Å². The Balaban J connectivity index is 1.82. The number of hydrazone groups is 1. The molecule has 25 heavy (non-hydrogen) atoms. The van der Waals surface area contributed by atoms with Gasteiger partial charge in [0, 0.05) is 0 Å². The number of rotatable bonds is 8. The van der Waals surface area contributed by atoms with E-state index in [-0.39, 0.29) is 12.4 Å². The van der Waals surface area contributed by atoms with Crippen LogP contribution in [0.5, 0.6) is 23.0 Å². The van der Waals surface area contributed by atoms with Gasteiger partial charge in [0.25, 0.3) is 5.91 Å². The maximum Gasteiger partial charge on any atom is 0.277 e. The largest absolute Gasteiger partial charge is 0.504 e. The molecule has 0 spiro atoms. The van der Waals surface area contributed by atoms with Gasteiger partial charge in [0.1, 0.15) is 11.5 Å². The molecule has 0 atom stereocenters. The zero-order valence-corrected chi connectivity index (χ0v) is 14.1. The minimum Gasteiger partial charge on any atom is -0.504 e. The lowest BCUT2D eigenvalue weighted by molar-refractivity contribution is -0.123. The monoisotopic (exact) mass is 344 g/mol. The first-order valence-electron chi connectivity index (χ1n) is 7.67. The molecule has 0 saturated heterocycles. The molecule has 0 radical (unpaired) electrons. The number of carbonyl (C=O) groups excluding carboxylic acids is 1. The van der Waals surface area contributed by atoms with E-state index in [1.54, 1.807) is 43.5 Å². The summed E-state index contributed by atoms with van der Waals surface area (Å²) in [6, 6.07) is 11.7. The molecular formula is C18H20N2O5. The summed E-state index contributed by atoms with van der Waals surface area (Å²) in [4.78, 5) is 11.7. The molecule has 0 aliphatic carbocycles. The number of amides is 1. The van der Waals surface area contributed by atoms with Crippen LogP contribution in [-0.4, -0.2) is 37.6 Å². The topological polar surface area (TPSA) is 89.4 Å². The number of nitrogens with one attached hydrogen (secondary N) is 1. The van der Waals surface area contributed by atoms with Gasteiger partial charge in [-0.3, -0.25) is 4.79 Å². The molecule has 7 heteroatoms. The predicted molar refractivity (Wildman–Crippen MR) is 93.5 cm³/mol. The normalized spacial score (nSPS) is 10.5. The number of methoxy groups -OCH3 is 1. The Bertz CT molecular complexity index is 729. The number of phenolic OH excluding ortho intramolecular Hbond substituents is 1. The smallest absolute Gasteiger partial charge is 0.277 e. The van der Waals surface area contributed by atoms with Gasteiger partial charge in [-0.25, -0.2) is 5.43 Å². The maximum absolute atomic E-state index is 11.7. The van der Waals surface area contributed by atoms with Gasteiger partial charge in [-0.05, 0) is 55.0 Å². The van der Waals surface area contributed by atoms with E-state index >= 15 is 0 Å². The number of ether oxygens (including phenoxy) is 3. The van der Waals surface area contributed by atoms with Gasteiger partial charge in [0.15, 0.2) is 18.1 Å². The van der Waals surface area contributed by atoms with E-state index in [1.807, 2.05) is 6.92 Å². The predicted octanol–water partition coefficient (Wildman–Crippen LogP) is 2.33. The van der Waals surface area contributed by atoms with Crippen molar-refractivity contribution in [3.05, 3.63) is 48.0 Å². The summed E-state index contributed by atoms with van der Waals surface area (Å²) in [6.45, 7) is 2.10. The van der Waals surface area contributed by atoms with Crippen molar-refractivity contribution in [3.8, 4) is 23.0 Å². The first-order valence-corrected chi connectivity index (χ1v) is 7.67. The fourth-order valence-corrected chi connectivity index (χ4v) is 1.91. The summed E-state index contributed by atoms with van der Waals surface area (Å²) in [5, 5.41) is 13.5. The quantitative estimate of drug-likeness (QED) is 0.567. The molecule has 2 aromatic carbocycles. The molecular weight excluding hydrogens is 324 g/mol. The summed E-state index contributed by atoms with van der Waals surface area (Å²) < 4.78 is 15.7. The van der Waals surface area contributed by atoms with Crippen LogP contribution < -0.4 is 19.6 Å². The summed E-state index contributed by atoms with van der Waals surface area (Å²) in [7, 11) is 1.58. The molecule has 0 bridgehead atoms. The zero-order valence-electron chi connectivity index (χ0n) is 14.1. The highest BCUT2D eigenvalue weighted by atomic mass is 16.5. The van der Waals surface area contributed by atoms with E-state index in [1.165, 1.54) is 12.3 Å². The first-order chi connectivity index (χ1) is 12.1. The van der Waals surface area contributed by atoms with E-state index in [0.29, 0.717) is 29.4 Å². The van der Waals surface area contributed by atoms with Crippen molar-refractivity contribution >= 4 is 12.1 Å². The Hall–Kier alpha value is -3.22. The molecule has 0 aliphatic heterocycles. The Labute approximate surface area is 145 Å². The molecule has 2 aromatic rings. The molecule has 0 aromatic heterocycles. The van der Waals surface area contributed by atoms with Gasteiger partial charge in [-0.2, -0.15) is 5.10 Å². The summed E-state index contributed by atoms with van der Waals surface area (Å²) in [5.74, 6) is 1.29. The summed E-state index contributed by atoms with van der Waals surface area (Å²) in [5.41, 5.74) is 3.05. The van der Waals surface area contributed by atoms with Gasteiger partial charge in [-0.1, -0.05) is 0 Å². The van der Waals surface area contributed by atoms with Crippen LogP contribution >= 0.6 is 0 Å². The third kappa shape index (κ3) is 5.72. The number of nitrogens with zero attached hydrogens (tertiary/aromatic N) is 1. The van der Waals surface area contributed by atoms with Crippen LogP contribution in [0.4, 0.5) is 0 Å². The Morgan fingerprint density at radius 2 is 1.88 bits per heavy atom. The fraction of sp³-hybridized carbons (Fsp3) is 0.222. The highest BCUT2D eigenvalue weighted by molar-refractivity contribution is 5.83. The third-order valence-corrected chi connectivity index (χ3v) is 3.12. The lowest BCUT2D eigenvalue weighted by atomic mass is 10.2. The average Bonchev–Trinajstić information content (AvgIpc) is 2.63. The van der Waals surface area contributed by atoms with E-state index in [9.17, 15) is 9.90 Å². The minimum absolute atomic E-state index is 0.0518. The van der Waals surface area contributed by atoms with Crippen LogP contribution in [0.15, 0.2) is 47.6 Å². The van der Waals surface area contributed by atoms with Crippen molar-refractivity contribution in [1.29, 1.82) is 0 Å². The number of aromatic hydroxyl groups is 1. The van der Waals surface area contributed by atoms with Gasteiger partial charge < -0.3 is 19.3 Å². The molecule has 0 heterocycles. The molecule has 2 rings (SSSR count). The molecule has 132 valence electrons. The minimum atomic E-state index is -0.393. The van der Waals surface area contributed by atoms with Crippen LogP contribution in [-0.2, 0) is 4.79 Å². The van der Waals surface area contributed by atoms with Gasteiger partial charge >= 0.3 is 0 Å². The lowest BCUT2D eigenvalue weighted by Crippen LogP contribution is -2.24. The van der Waals surface area contributed by atoms with Crippen molar-refractivity contribution in [1.82, 2.24) is 5.43 Å². The molecule has 0 aliphatic rings. The standard InChI is InChI=1S/C18H20N2O5/c1-3-24-17-10-13(4-9-16(17)21)11-19-20-18(22)12-25-15-7-5-14(23-2)6-8-15/h4-11,21H,3,12H2,1-2H3,(H,20,22). The van der Waals surface area contributed by atoms with Crippen molar-refractivity contribution in [2.24, 2.45) is 5.10 Å².